The van der Waals surface area contributed by atoms with Crippen LogP contribution < -0.4 is 5.32 Å². The van der Waals surface area contributed by atoms with Gasteiger partial charge in [0.15, 0.2) is 0 Å². The van der Waals surface area contributed by atoms with E-state index in [1.165, 1.54) is 19.4 Å². The van der Waals surface area contributed by atoms with Crippen LogP contribution in [-0.2, 0) is 9.47 Å². The Labute approximate surface area is 105 Å². The Hall–Kier alpha value is -0.160. The lowest BCUT2D eigenvalue weighted by molar-refractivity contribution is -0.0193. The molecule has 4 nitrogen and oxygen atoms in total. The Morgan fingerprint density at radius 2 is 2.35 bits per heavy atom. The van der Waals surface area contributed by atoms with Gasteiger partial charge < -0.3 is 19.7 Å². The molecule has 1 N–H and O–H groups in total. The molecule has 2 saturated heterocycles. The summed E-state index contributed by atoms with van der Waals surface area (Å²) < 4.78 is 11.1. The molecule has 0 aromatic carbocycles. The van der Waals surface area contributed by atoms with Gasteiger partial charge in [0, 0.05) is 38.8 Å². The summed E-state index contributed by atoms with van der Waals surface area (Å²) in [7, 11) is 4.01. The number of methoxy groups -OCH3 is 1. The van der Waals surface area contributed by atoms with E-state index in [9.17, 15) is 0 Å². The molecule has 0 radical (unpaired) electrons. The van der Waals surface area contributed by atoms with Crippen molar-refractivity contribution in [2.24, 2.45) is 0 Å². The number of ether oxygens (including phenoxy) is 2. The Bertz CT molecular complexity index is 242. The molecule has 2 heterocycles. The van der Waals surface area contributed by atoms with E-state index in [1.807, 2.05) is 0 Å². The number of nitrogens with one attached hydrogen (secondary N) is 1. The minimum Gasteiger partial charge on any atom is -0.378 e. The summed E-state index contributed by atoms with van der Waals surface area (Å²) in [4.78, 5) is 2.43. The maximum atomic E-state index is 5.64. The van der Waals surface area contributed by atoms with Crippen molar-refractivity contribution in [1.82, 2.24) is 10.2 Å². The van der Waals surface area contributed by atoms with E-state index >= 15 is 0 Å². The van der Waals surface area contributed by atoms with Gasteiger partial charge in [0.25, 0.3) is 0 Å². The molecule has 2 rings (SSSR count). The highest BCUT2D eigenvalue weighted by Crippen LogP contribution is 2.23. The number of likely N-dealkylation sites (tertiary alicyclic amines) is 1. The second kappa shape index (κ2) is 5.65. The second-order valence-corrected chi connectivity index (χ2v) is 5.62. The van der Waals surface area contributed by atoms with Crippen molar-refractivity contribution >= 4 is 0 Å². The quantitative estimate of drug-likeness (QED) is 0.793. The molecular weight excluding hydrogens is 216 g/mol. The highest BCUT2D eigenvalue weighted by atomic mass is 16.5. The van der Waals surface area contributed by atoms with Crippen LogP contribution in [0.4, 0.5) is 0 Å². The molecule has 2 fully saturated rings. The zero-order chi connectivity index (χ0) is 12.3. The van der Waals surface area contributed by atoms with Gasteiger partial charge >= 0.3 is 0 Å². The number of nitrogens with zero attached hydrogens (tertiary/aromatic N) is 1. The highest BCUT2D eigenvalue weighted by Gasteiger charge is 2.35. The van der Waals surface area contributed by atoms with Crippen molar-refractivity contribution in [1.29, 1.82) is 0 Å². The zero-order valence-electron chi connectivity index (χ0n) is 11.4. The van der Waals surface area contributed by atoms with Crippen molar-refractivity contribution in [3.63, 3.8) is 0 Å². The lowest BCUT2D eigenvalue weighted by Crippen LogP contribution is -2.51. The SMILES string of the molecule is COC1(CNC2CCN(C)C(C)C2)CCOC1. The van der Waals surface area contributed by atoms with Crippen molar-refractivity contribution in [3.05, 3.63) is 0 Å². The number of rotatable bonds is 4. The standard InChI is InChI=1S/C13H26N2O2/c1-11-8-12(4-6-15(11)2)14-9-13(16-3)5-7-17-10-13/h11-12,14H,4-10H2,1-3H3. The average Bonchev–Trinajstić information content (AvgIpc) is 2.80. The van der Waals surface area contributed by atoms with E-state index in [-0.39, 0.29) is 5.60 Å². The molecule has 2 aliphatic rings. The van der Waals surface area contributed by atoms with Crippen LogP contribution in [0.2, 0.25) is 0 Å². The van der Waals surface area contributed by atoms with E-state index in [0.717, 1.165) is 26.2 Å². The van der Waals surface area contributed by atoms with Crippen LogP contribution >= 0.6 is 0 Å². The third kappa shape index (κ3) is 3.19. The van der Waals surface area contributed by atoms with Crippen molar-refractivity contribution in [2.45, 2.75) is 43.9 Å². The lowest BCUT2D eigenvalue weighted by Gasteiger charge is -2.37. The molecule has 0 amide bonds. The zero-order valence-corrected chi connectivity index (χ0v) is 11.4. The Kier molecular flexibility index (Phi) is 4.42. The third-order valence-electron chi connectivity index (χ3n) is 4.42. The topological polar surface area (TPSA) is 33.7 Å². The van der Waals surface area contributed by atoms with Crippen LogP contribution in [0, 0.1) is 0 Å². The van der Waals surface area contributed by atoms with Gasteiger partial charge in [-0.15, -0.1) is 0 Å². The summed E-state index contributed by atoms with van der Waals surface area (Å²) >= 11 is 0. The fraction of sp³-hybridized carbons (Fsp3) is 1.00. The molecule has 3 atom stereocenters. The molecule has 2 aliphatic heterocycles. The van der Waals surface area contributed by atoms with E-state index in [0.29, 0.717) is 12.1 Å². The molecule has 0 aliphatic carbocycles. The van der Waals surface area contributed by atoms with Crippen LogP contribution in [0.3, 0.4) is 0 Å². The van der Waals surface area contributed by atoms with Gasteiger partial charge in [-0.25, -0.2) is 0 Å². The maximum absolute atomic E-state index is 5.64. The fourth-order valence-corrected chi connectivity index (χ4v) is 2.77. The van der Waals surface area contributed by atoms with E-state index < -0.39 is 0 Å². The lowest BCUT2D eigenvalue weighted by atomic mass is 9.97. The van der Waals surface area contributed by atoms with Gasteiger partial charge in [0.2, 0.25) is 0 Å². The molecule has 0 aromatic rings. The van der Waals surface area contributed by atoms with Crippen LogP contribution in [0.5, 0.6) is 0 Å². The number of hydrogen-bond acceptors (Lipinski definition) is 4. The Morgan fingerprint density at radius 3 is 2.94 bits per heavy atom. The summed E-state index contributed by atoms with van der Waals surface area (Å²) in [6.45, 7) is 5.98. The third-order valence-corrected chi connectivity index (χ3v) is 4.42. The van der Waals surface area contributed by atoms with Gasteiger partial charge in [0.05, 0.1) is 6.61 Å². The monoisotopic (exact) mass is 242 g/mol. The second-order valence-electron chi connectivity index (χ2n) is 5.62. The highest BCUT2D eigenvalue weighted by molar-refractivity contribution is 4.90. The molecule has 0 bridgehead atoms. The largest absolute Gasteiger partial charge is 0.378 e. The summed E-state index contributed by atoms with van der Waals surface area (Å²) in [5, 5.41) is 3.67. The predicted octanol–water partition coefficient (Wildman–Crippen LogP) is 0.864. The van der Waals surface area contributed by atoms with Gasteiger partial charge in [-0.3, -0.25) is 0 Å². The van der Waals surface area contributed by atoms with Gasteiger partial charge in [-0.2, -0.15) is 0 Å². The van der Waals surface area contributed by atoms with Crippen molar-refractivity contribution < 1.29 is 9.47 Å². The van der Waals surface area contributed by atoms with Crippen molar-refractivity contribution in [3.8, 4) is 0 Å². The fourth-order valence-electron chi connectivity index (χ4n) is 2.77. The summed E-state index contributed by atoms with van der Waals surface area (Å²) in [5.41, 5.74) is -0.0768. The number of hydrogen-bond donors (Lipinski definition) is 1. The molecule has 100 valence electrons. The van der Waals surface area contributed by atoms with Crippen LogP contribution in [-0.4, -0.2) is 63.0 Å². The summed E-state index contributed by atoms with van der Waals surface area (Å²) in [6, 6.07) is 1.31. The average molecular weight is 242 g/mol. The molecule has 17 heavy (non-hydrogen) atoms. The van der Waals surface area contributed by atoms with Crippen LogP contribution in [0.1, 0.15) is 26.2 Å². The molecule has 0 aromatic heterocycles. The van der Waals surface area contributed by atoms with E-state index in [1.54, 1.807) is 7.11 Å². The Balaban J connectivity index is 1.78. The first-order valence-corrected chi connectivity index (χ1v) is 6.72. The summed E-state index contributed by atoms with van der Waals surface area (Å²) in [5.74, 6) is 0. The molecular formula is C13H26N2O2. The van der Waals surface area contributed by atoms with Gasteiger partial charge in [-0.05, 0) is 33.4 Å². The maximum Gasteiger partial charge on any atom is 0.106 e. The first-order valence-electron chi connectivity index (χ1n) is 6.72. The number of piperidine rings is 1. The van der Waals surface area contributed by atoms with Gasteiger partial charge in [-0.1, -0.05) is 0 Å². The molecule has 0 spiro atoms. The molecule has 4 heteroatoms. The Morgan fingerprint density at radius 1 is 1.53 bits per heavy atom. The smallest absolute Gasteiger partial charge is 0.106 e. The van der Waals surface area contributed by atoms with Crippen LogP contribution in [0.15, 0.2) is 0 Å². The molecule has 3 unspecified atom stereocenters. The van der Waals surface area contributed by atoms with Crippen LogP contribution in [0.25, 0.3) is 0 Å². The molecule has 0 saturated carbocycles. The minimum absolute atomic E-state index is 0.0768. The summed E-state index contributed by atoms with van der Waals surface area (Å²) in [6.07, 6.45) is 3.48. The predicted molar refractivity (Wildman–Crippen MR) is 68.3 cm³/mol. The van der Waals surface area contributed by atoms with Gasteiger partial charge in [0.1, 0.15) is 5.60 Å². The minimum atomic E-state index is -0.0768. The first-order chi connectivity index (χ1) is 8.15. The van der Waals surface area contributed by atoms with Crippen molar-refractivity contribution in [2.75, 3.05) is 40.5 Å². The van der Waals surface area contributed by atoms with E-state index in [2.05, 4.69) is 24.2 Å². The first kappa shape index (κ1) is 13.3. The van der Waals surface area contributed by atoms with E-state index in [4.69, 9.17) is 9.47 Å². The normalized spacial score (nSPS) is 39.7.